The lowest BCUT2D eigenvalue weighted by Crippen LogP contribution is -2.49. The first kappa shape index (κ1) is 19.7. The number of amides is 2. The fraction of sp³-hybridized carbons (Fsp3) is 0.259. The molecule has 0 N–H and O–H groups in total. The Kier molecular flexibility index (Phi) is 4.51. The van der Waals surface area contributed by atoms with Crippen molar-refractivity contribution in [3.8, 4) is 0 Å². The second-order valence-corrected chi connectivity index (χ2v) is 9.97. The normalized spacial score (nSPS) is 23.8. The Balaban J connectivity index is 1.44. The molecule has 1 spiro atoms. The minimum Gasteiger partial charge on any atom is -0.364 e. The van der Waals surface area contributed by atoms with Crippen LogP contribution in [0.2, 0.25) is 0 Å². The summed E-state index contributed by atoms with van der Waals surface area (Å²) in [5, 5.41) is 0. The molecule has 3 aromatic carbocycles. The van der Waals surface area contributed by atoms with Crippen LogP contribution in [0.15, 0.2) is 77.3 Å². The van der Waals surface area contributed by atoms with Crippen LogP contribution in [-0.2, 0) is 28.0 Å². The van der Waals surface area contributed by atoms with Crippen molar-refractivity contribution in [3.05, 3.63) is 99.5 Å². The van der Waals surface area contributed by atoms with Crippen molar-refractivity contribution < 1.29 is 9.59 Å². The predicted octanol–water partition coefficient (Wildman–Crippen LogP) is 5.15. The Hall–Kier alpha value is -2.92. The van der Waals surface area contributed by atoms with E-state index in [0.29, 0.717) is 13.0 Å². The van der Waals surface area contributed by atoms with Gasteiger partial charge >= 0.3 is 0 Å². The molecule has 1 saturated heterocycles. The Labute approximate surface area is 196 Å². The van der Waals surface area contributed by atoms with Gasteiger partial charge in [-0.2, -0.15) is 0 Å². The van der Waals surface area contributed by atoms with Crippen LogP contribution in [0.4, 0.5) is 5.69 Å². The average Bonchev–Trinajstić information content (AvgIpc) is 3.05. The van der Waals surface area contributed by atoms with Gasteiger partial charge in [-0.05, 0) is 53.3 Å². The van der Waals surface area contributed by atoms with Crippen LogP contribution in [0.3, 0.4) is 0 Å². The second-order valence-electron chi connectivity index (χ2n) is 9.05. The standard InChI is InChI=1S/C27H23BrN2O2/c28-20-11-9-18(10-12-20)17-30-25(31)16-27(26(30)32)15-24-21-6-2-1-5-19(21)13-14-29(24)23-8-4-3-7-22(23)27/h1-12,24H,13-17H2. The van der Waals surface area contributed by atoms with E-state index in [1.165, 1.54) is 16.0 Å². The summed E-state index contributed by atoms with van der Waals surface area (Å²) in [5.41, 5.74) is 4.91. The summed E-state index contributed by atoms with van der Waals surface area (Å²) < 4.78 is 0.981. The molecule has 3 aliphatic rings. The Morgan fingerprint density at radius 2 is 1.69 bits per heavy atom. The lowest BCUT2D eigenvalue weighted by Gasteiger charge is -2.48. The van der Waals surface area contributed by atoms with Crippen molar-refractivity contribution in [1.82, 2.24) is 4.90 Å². The number of fused-ring (bicyclic) bond motifs is 6. The fourth-order valence-corrected chi connectivity index (χ4v) is 6.10. The molecule has 32 heavy (non-hydrogen) atoms. The Bertz CT molecular complexity index is 1240. The molecule has 4 nitrogen and oxygen atoms in total. The molecule has 0 saturated carbocycles. The maximum absolute atomic E-state index is 14.0. The number of hydrogen-bond donors (Lipinski definition) is 0. The SMILES string of the molecule is O=C1CC2(CC3c4ccccc4CCN3c3ccccc32)C(=O)N1Cc1ccc(Br)cc1. The summed E-state index contributed by atoms with van der Waals surface area (Å²) in [6.07, 6.45) is 1.88. The van der Waals surface area contributed by atoms with Crippen LogP contribution >= 0.6 is 15.9 Å². The van der Waals surface area contributed by atoms with Crippen molar-refractivity contribution in [1.29, 1.82) is 0 Å². The molecule has 3 aromatic rings. The first-order chi connectivity index (χ1) is 15.6. The average molecular weight is 487 g/mol. The molecule has 0 aliphatic carbocycles. The molecule has 6 rings (SSSR count). The maximum atomic E-state index is 14.0. The number of halogens is 1. The zero-order valence-electron chi connectivity index (χ0n) is 17.6. The molecule has 5 heteroatoms. The van der Waals surface area contributed by atoms with E-state index in [4.69, 9.17) is 0 Å². The summed E-state index contributed by atoms with van der Waals surface area (Å²) in [6.45, 7) is 1.25. The monoisotopic (exact) mass is 486 g/mol. The number of nitrogens with zero attached hydrogens (tertiary/aromatic N) is 2. The number of carbonyl (C=O) groups excluding carboxylic acids is 2. The molecule has 0 radical (unpaired) electrons. The van der Waals surface area contributed by atoms with E-state index in [9.17, 15) is 9.59 Å². The van der Waals surface area contributed by atoms with Crippen molar-refractivity contribution in [2.45, 2.75) is 37.3 Å². The summed E-state index contributed by atoms with van der Waals surface area (Å²) >= 11 is 3.45. The van der Waals surface area contributed by atoms with E-state index >= 15 is 0 Å². The summed E-state index contributed by atoms with van der Waals surface area (Å²) in [5.74, 6) is -0.133. The highest BCUT2D eigenvalue weighted by molar-refractivity contribution is 9.10. The summed E-state index contributed by atoms with van der Waals surface area (Å²) in [4.78, 5) is 31.1. The van der Waals surface area contributed by atoms with Gasteiger partial charge in [0.15, 0.2) is 0 Å². The van der Waals surface area contributed by atoms with Crippen LogP contribution in [0.25, 0.3) is 0 Å². The third-order valence-electron chi connectivity index (χ3n) is 7.35. The van der Waals surface area contributed by atoms with Gasteiger partial charge in [0.2, 0.25) is 11.8 Å². The second kappa shape index (κ2) is 7.31. The van der Waals surface area contributed by atoms with Gasteiger partial charge in [-0.3, -0.25) is 14.5 Å². The maximum Gasteiger partial charge on any atom is 0.240 e. The van der Waals surface area contributed by atoms with Gasteiger partial charge in [0.1, 0.15) is 0 Å². The zero-order valence-corrected chi connectivity index (χ0v) is 19.2. The molecule has 1 fully saturated rings. The van der Waals surface area contributed by atoms with Crippen molar-refractivity contribution in [3.63, 3.8) is 0 Å². The minimum atomic E-state index is -0.797. The summed E-state index contributed by atoms with van der Waals surface area (Å²) in [6, 6.07) is 24.7. The molecule has 0 bridgehead atoms. The zero-order chi connectivity index (χ0) is 21.9. The molecule has 3 heterocycles. The van der Waals surface area contributed by atoms with Crippen LogP contribution in [0, 0.1) is 0 Å². The number of hydrogen-bond acceptors (Lipinski definition) is 3. The van der Waals surface area contributed by atoms with Gasteiger partial charge < -0.3 is 4.90 Å². The van der Waals surface area contributed by atoms with Gasteiger partial charge in [-0.25, -0.2) is 0 Å². The van der Waals surface area contributed by atoms with Crippen molar-refractivity contribution in [2.75, 3.05) is 11.4 Å². The van der Waals surface area contributed by atoms with Gasteiger partial charge in [-0.15, -0.1) is 0 Å². The lowest BCUT2D eigenvalue weighted by atomic mass is 9.68. The minimum absolute atomic E-state index is 0.0550. The van der Waals surface area contributed by atoms with Crippen LogP contribution in [0.5, 0.6) is 0 Å². The third kappa shape index (κ3) is 2.87. The first-order valence-electron chi connectivity index (χ1n) is 11.1. The van der Waals surface area contributed by atoms with Crippen molar-refractivity contribution >= 4 is 33.4 Å². The number of imide groups is 1. The number of rotatable bonds is 2. The Morgan fingerprint density at radius 1 is 0.938 bits per heavy atom. The number of para-hydroxylation sites is 1. The highest BCUT2D eigenvalue weighted by atomic mass is 79.9. The van der Waals surface area contributed by atoms with Crippen LogP contribution < -0.4 is 4.90 Å². The molecule has 2 unspecified atom stereocenters. The number of likely N-dealkylation sites (tertiary alicyclic amines) is 1. The quantitative estimate of drug-likeness (QED) is 0.470. The number of carbonyl (C=O) groups is 2. The molecule has 2 amide bonds. The fourth-order valence-electron chi connectivity index (χ4n) is 5.83. The number of benzene rings is 3. The van der Waals surface area contributed by atoms with Crippen LogP contribution in [-0.4, -0.2) is 23.3 Å². The van der Waals surface area contributed by atoms with E-state index < -0.39 is 5.41 Å². The molecule has 2 atom stereocenters. The molecule has 3 aliphatic heterocycles. The first-order valence-corrected chi connectivity index (χ1v) is 11.9. The van der Waals surface area contributed by atoms with Gasteiger partial charge in [0.25, 0.3) is 0 Å². The predicted molar refractivity (Wildman–Crippen MR) is 127 cm³/mol. The highest BCUT2D eigenvalue weighted by Gasteiger charge is 2.57. The van der Waals surface area contributed by atoms with E-state index in [2.05, 4.69) is 57.2 Å². The van der Waals surface area contributed by atoms with Crippen molar-refractivity contribution in [2.24, 2.45) is 0 Å². The third-order valence-corrected chi connectivity index (χ3v) is 7.87. The number of anilines is 1. The smallest absolute Gasteiger partial charge is 0.240 e. The topological polar surface area (TPSA) is 40.6 Å². The lowest BCUT2D eigenvalue weighted by molar-refractivity contribution is -0.140. The molecular formula is C27H23BrN2O2. The molecular weight excluding hydrogens is 464 g/mol. The van der Waals surface area contributed by atoms with E-state index in [1.54, 1.807) is 0 Å². The summed E-state index contributed by atoms with van der Waals surface area (Å²) in [7, 11) is 0. The van der Waals surface area contributed by atoms with Crippen LogP contribution in [0.1, 0.15) is 41.1 Å². The Morgan fingerprint density at radius 3 is 2.53 bits per heavy atom. The van der Waals surface area contributed by atoms with Gasteiger partial charge in [0.05, 0.1) is 18.0 Å². The van der Waals surface area contributed by atoms with Gasteiger partial charge in [-0.1, -0.05) is 70.5 Å². The van der Waals surface area contributed by atoms with E-state index in [-0.39, 0.29) is 24.3 Å². The molecule has 160 valence electrons. The van der Waals surface area contributed by atoms with E-state index in [1.807, 2.05) is 36.4 Å². The largest absolute Gasteiger partial charge is 0.364 e. The van der Waals surface area contributed by atoms with Gasteiger partial charge in [0, 0.05) is 23.1 Å². The van der Waals surface area contributed by atoms with E-state index in [0.717, 1.165) is 34.3 Å². The molecule has 0 aromatic heterocycles. The highest BCUT2D eigenvalue weighted by Crippen LogP contribution is 2.54.